The number of amides is 2. The molecule has 0 fully saturated rings. The molecule has 122 valence electrons. The Hall–Kier alpha value is -2.08. The van der Waals surface area contributed by atoms with Gasteiger partial charge in [0.25, 0.3) is 5.91 Å². The van der Waals surface area contributed by atoms with Crippen LogP contribution in [0.5, 0.6) is 0 Å². The number of nitrogens with one attached hydrogen (secondary N) is 2. The number of carbonyl (C=O) groups is 2. The molecule has 23 heavy (non-hydrogen) atoms. The topological polar surface area (TPSA) is 71.3 Å². The molecule has 0 saturated heterocycles. The van der Waals surface area contributed by atoms with Gasteiger partial charge in [-0.2, -0.15) is 0 Å². The molecule has 6 heteroatoms. The van der Waals surface area contributed by atoms with E-state index < -0.39 is 0 Å². The molecule has 0 aliphatic rings. The molecule has 5 nitrogen and oxygen atoms in total. The van der Waals surface area contributed by atoms with Gasteiger partial charge in [-0.05, 0) is 52.2 Å². The average Bonchev–Trinajstić information content (AvgIpc) is 2.98. The van der Waals surface area contributed by atoms with E-state index in [1.807, 2.05) is 38.1 Å². The van der Waals surface area contributed by atoms with Crippen molar-refractivity contribution in [1.29, 1.82) is 0 Å². The van der Waals surface area contributed by atoms with Crippen LogP contribution in [0.4, 0.5) is 5.69 Å². The second-order valence-corrected chi connectivity index (χ2v) is 6.07. The van der Waals surface area contributed by atoms with Gasteiger partial charge in [0, 0.05) is 18.2 Å². The molecule has 2 rings (SSSR count). The van der Waals surface area contributed by atoms with Gasteiger partial charge in [0.2, 0.25) is 5.91 Å². The zero-order valence-corrected chi connectivity index (χ0v) is 14.6. The molecule has 2 aromatic rings. The summed E-state index contributed by atoms with van der Waals surface area (Å²) in [6, 6.07) is 10.7. The van der Waals surface area contributed by atoms with Crippen molar-refractivity contribution in [3.63, 3.8) is 0 Å². The third kappa shape index (κ3) is 4.96. The minimum Gasteiger partial charge on any atom is -0.444 e. The van der Waals surface area contributed by atoms with E-state index in [9.17, 15) is 9.59 Å². The molecule has 1 atom stereocenters. The van der Waals surface area contributed by atoms with E-state index >= 15 is 0 Å². The molecular weight excluding hydrogens is 360 g/mol. The van der Waals surface area contributed by atoms with Crippen LogP contribution in [0.15, 0.2) is 45.5 Å². The van der Waals surface area contributed by atoms with Crippen LogP contribution >= 0.6 is 15.9 Å². The molecule has 2 N–H and O–H groups in total. The van der Waals surface area contributed by atoms with Gasteiger partial charge in [0.15, 0.2) is 10.4 Å². The minimum atomic E-state index is -0.287. The van der Waals surface area contributed by atoms with E-state index in [0.29, 0.717) is 11.2 Å². The van der Waals surface area contributed by atoms with Crippen LogP contribution in [0, 0.1) is 5.92 Å². The summed E-state index contributed by atoms with van der Waals surface area (Å²) in [6.45, 7) is 4.22. The summed E-state index contributed by atoms with van der Waals surface area (Å²) in [4.78, 5) is 23.8. The Morgan fingerprint density at radius 3 is 2.70 bits per heavy atom. The highest BCUT2D eigenvalue weighted by molar-refractivity contribution is 9.10. The second-order valence-electron chi connectivity index (χ2n) is 5.29. The molecule has 1 unspecified atom stereocenters. The largest absolute Gasteiger partial charge is 0.444 e. The van der Waals surface area contributed by atoms with Crippen LogP contribution in [0.3, 0.4) is 0 Å². The quantitative estimate of drug-likeness (QED) is 0.798. The standard InChI is InChI=1S/C17H19BrN2O3/c1-3-11(2)16(21)20-13-6-4-5-12(9-13)10-19-17(22)14-7-8-15(18)23-14/h4-9,11H,3,10H2,1-2H3,(H,19,22)(H,20,21). The molecule has 0 radical (unpaired) electrons. The Labute approximate surface area is 143 Å². The van der Waals surface area contributed by atoms with Gasteiger partial charge in [-0.3, -0.25) is 9.59 Å². The molecular formula is C17H19BrN2O3. The summed E-state index contributed by atoms with van der Waals surface area (Å²) in [5.41, 5.74) is 1.62. The molecule has 0 saturated carbocycles. The first-order chi connectivity index (χ1) is 11.0. The first kappa shape index (κ1) is 17.3. The number of anilines is 1. The highest BCUT2D eigenvalue weighted by Gasteiger charge is 2.12. The van der Waals surface area contributed by atoms with E-state index in [1.54, 1.807) is 12.1 Å². The molecule has 0 aliphatic carbocycles. The van der Waals surface area contributed by atoms with Crippen molar-refractivity contribution in [3.05, 3.63) is 52.4 Å². The maximum absolute atomic E-state index is 11.9. The molecule has 1 heterocycles. The monoisotopic (exact) mass is 378 g/mol. The fourth-order valence-electron chi connectivity index (χ4n) is 1.92. The van der Waals surface area contributed by atoms with Crippen LogP contribution in [0.1, 0.15) is 36.4 Å². The third-order valence-electron chi connectivity index (χ3n) is 3.50. The first-order valence-electron chi connectivity index (χ1n) is 7.43. The SMILES string of the molecule is CCC(C)C(=O)Nc1cccc(CNC(=O)c2ccc(Br)o2)c1. The van der Waals surface area contributed by atoms with Crippen molar-refractivity contribution in [1.82, 2.24) is 5.32 Å². The second kappa shape index (κ2) is 7.97. The lowest BCUT2D eigenvalue weighted by Crippen LogP contribution is -2.22. The Bertz CT molecular complexity index is 697. The van der Waals surface area contributed by atoms with Gasteiger partial charge in [0.05, 0.1) is 0 Å². The molecule has 1 aromatic carbocycles. The lowest BCUT2D eigenvalue weighted by molar-refractivity contribution is -0.119. The van der Waals surface area contributed by atoms with Crippen molar-refractivity contribution in [3.8, 4) is 0 Å². The first-order valence-corrected chi connectivity index (χ1v) is 8.22. The Balaban J connectivity index is 1.94. The van der Waals surface area contributed by atoms with E-state index in [2.05, 4.69) is 26.6 Å². The van der Waals surface area contributed by atoms with Crippen molar-refractivity contribution in [2.24, 2.45) is 5.92 Å². The zero-order chi connectivity index (χ0) is 16.8. The Morgan fingerprint density at radius 2 is 2.04 bits per heavy atom. The van der Waals surface area contributed by atoms with Gasteiger partial charge in [-0.1, -0.05) is 26.0 Å². The third-order valence-corrected chi connectivity index (χ3v) is 3.93. The number of hydrogen-bond acceptors (Lipinski definition) is 3. The highest BCUT2D eigenvalue weighted by atomic mass is 79.9. The van der Waals surface area contributed by atoms with Gasteiger partial charge < -0.3 is 15.1 Å². The van der Waals surface area contributed by atoms with Gasteiger partial charge in [-0.25, -0.2) is 0 Å². The van der Waals surface area contributed by atoms with Gasteiger partial charge >= 0.3 is 0 Å². The molecule has 1 aromatic heterocycles. The number of rotatable bonds is 6. The smallest absolute Gasteiger partial charge is 0.287 e. The van der Waals surface area contributed by atoms with E-state index in [0.717, 1.165) is 17.7 Å². The fraction of sp³-hybridized carbons (Fsp3) is 0.294. The van der Waals surface area contributed by atoms with Crippen LogP contribution in [-0.2, 0) is 11.3 Å². The van der Waals surface area contributed by atoms with Gasteiger partial charge in [0.1, 0.15) is 0 Å². The maximum Gasteiger partial charge on any atom is 0.287 e. The molecule has 0 aliphatic heterocycles. The van der Waals surface area contributed by atoms with Crippen molar-refractivity contribution >= 4 is 33.4 Å². The number of benzene rings is 1. The zero-order valence-electron chi connectivity index (χ0n) is 13.1. The summed E-state index contributed by atoms with van der Waals surface area (Å²) in [7, 11) is 0. The summed E-state index contributed by atoms with van der Waals surface area (Å²) in [6.07, 6.45) is 0.792. The van der Waals surface area contributed by atoms with E-state index in [1.165, 1.54) is 0 Å². The maximum atomic E-state index is 11.9. The summed E-state index contributed by atoms with van der Waals surface area (Å²) < 4.78 is 5.71. The van der Waals surface area contributed by atoms with Gasteiger partial charge in [-0.15, -0.1) is 0 Å². The van der Waals surface area contributed by atoms with Crippen molar-refractivity contribution < 1.29 is 14.0 Å². The van der Waals surface area contributed by atoms with E-state index in [-0.39, 0.29) is 23.5 Å². The minimum absolute atomic E-state index is 0.00544. The van der Waals surface area contributed by atoms with Crippen LogP contribution in [0.2, 0.25) is 0 Å². The summed E-state index contributed by atoms with van der Waals surface area (Å²) in [5.74, 6) is -0.0762. The molecule has 2 amide bonds. The molecule has 0 bridgehead atoms. The lowest BCUT2D eigenvalue weighted by atomic mass is 10.1. The molecule has 0 spiro atoms. The highest BCUT2D eigenvalue weighted by Crippen LogP contribution is 2.15. The van der Waals surface area contributed by atoms with E-state index in [4.69, 9.17) is 4.42 Å². The number of furan rings is 1. The Morgan fingerprint density at radius 1 is 1.26 bits per heavy atom. The predicted molar refractivity (Wildman–Crippen MR) is 92.1 cm³/mol. The van der Waals surface area contributed by atoms with Crippen LogP contribution in [-0.4, -0.2) is 11.8 Å². The van der Waals surface area contributed by atoms with Crippen molar-refractivity contribution in [2.45, 2.75) is 26.8 Å². The van der Waals surface area contributed by atoms with Crippen LogP contribution in [0.25, 0.3) is 0 Å². The van der Waals surface area contributed by atoms with Crippen molar-refractivity contribution in [2.75, 3.05) is 5.32 Å². The number of halogens is 1. The average molecular weight is 379 g/mol. The normalized spacial score (nSPS) is 11.8. The summed E-state index contributed by atoms with van der Waals surface area (Å²) >= 11 is 3.16. The predicted octanol–water partition coefficient (Wildman–Crippen LogP) is 3.96. The number of hydrogen-bond donors (Lipinski definition) is 2. The fourth-order valence-corrected chi connectivity index (χ4v) is 2.22. The van der Waals surface area contributed by atoms with Crippen LogP contribution < -0.4 is 10.6 Å². The Kier molecular flexibility index (Phi) is 5.98. The lowest BCUT2D eigenvalue weighted by Gasteiger charge is -2.11. The summed E-state index contributed by atoms with van der Waals surface area (Å²) in [5, 5.41) is 5.66. The number of carbonyl (C=O) groups excluding carboxylic acids is 2.